The zero-order valence-electron chi connectivity index (χ0n) is 14.8. The molecule has 0 saturated heterocycles. The van der Waals surface area contributed by atoms with Crippen molar-refractivity contribution in [1.29, 1.82) is 0 Å². The molecule has 2 aromatic rings. The molecule has 0 atom stereocenters. The van der Waals surface area contributed by atoms with E-state index in [0.29, 0.717) is 0 Å². The molecule has 0 radical (unpaired) electrons. The molecule has 1 aromatic heterocycles. The summed E-state index contributed by atoms with van der Waals surface area (Å²) in [5.74, 6) is 0.858. The summed E-state index contributed by atoms with van der Waals surface area (Å²) >= 11 is 0. The molecule has 0 aliphatic rings. The van der Waals surface area contributed by atoms with Gasteiger partial charge in [0.25, 0.3) is 0 Å². The van der Waals surface area contributed by atoms with Crippen LogP contribution in [0.15, 0.2) is 41.1 Å². The molecular weight excluding hydrogens is 286 g/mol. The van der Waals surface area contributed by atoms with Crippen LogP contribution in [-0.4, -0.2) is 16.9 Å². The van der Waals surface area contributed by atoms with Gasteiger partial charge in [-0.25, -0.2) is 0 Å². The van der Waals surface area contributed by atoms with Gasteiger partial charge >= 0.3 is 0 Å². The molecule has 1 N–H and O–H groups in total. The summed E-state index contributed by atoms with van der Waals surface area (Å²) in [5.41, 5.74) is 3.45. The number of allylic oxidation sites excluding steroid dienone is 1. The van der Waals surface area contributed by atoms with Crippen LogP contribution in [0, 0.1) is 0 Å². The normalized spacial score (nSPS) is 13.0. The average molecular weight is 313 g/mol. The summed E-state index contributed by atoms with van der Waals surface area (Å²) in [6.07, 6.45) is 6.63. The standard InChI is InChI=1S/C20H27NO2/c1-19(2,3)18-13-16(20(4,5)14-22)10-9-15(18)7-6-8-17-11-12-21-23-17/h6-7,9-13,22H,8,14H2,1-5H3/b7-6+. The zero-order chi connectivity index (χ0) is 17.1. The van der Waals surface area contributed by atoms with Gasteiger partial charge in [-0.3, -0.25) is 0 Å². The van der Waals surface area contributed by atoms with E-state index in [-0.39, 0.29) is 17.4 Å². The number of aromatic nitrogens is 1. The summed E-state index contributed by atoms with van der Waals surface area (Å²) in [5, 5.41) is 13.3. The van der Waals surface area contributed by atoms with Crippen molar-refractivity contribution in [2.75, 3.05) is 6.61 Å². The van der Waals surface area contributed by atoms with Crippen LogP contribution in [0.4, 0.5) is 0 Å². The van der Waals surface area contributed by atoms with E-state index in [1.807, 2.05) is 6.07 Å². The maximum Gasteiger partial charge on any atom is 0.140 e. The fraction of sp³-hybridized carbons (Fsp3) is 0.450. The van der Waals surface area contributed by atoms with Crippen LogP contribution >= 0.6 is 0 Å². The Balaban J connectivity index is 2.33. The van der Waals surface area contributed by atoms with E-state index < -0.39 is 0 Å². The molecule has 124 valence electrons. The first-order valence-corrected chi connectivity index (χ1v) is 8.06. The minimum absolute atomic E-state index is 0.0352. The molecule has 0 bridgehead atoms. The van der Waals surface area contributed by atoms with E-state index >= 15 is 0 Å². The first-order chi connectivity index (χ1) is 10.7. The fourth-order valence-corrected chi connectivity index (χ4v) is 2.51. The van der Waals surface area contributed by atoms with E-state index in [9.17, 15) is 5.11 Å². The fourth-order valence-electron chi connectivity index (χ4n) is 2.51. The quantitative estimate of drug-likeness (QED) is 0.884. The van der Waals surface area contributed by atoms with Crippen LogP contribution in [0.2, 0.25) is 0 Å². The maximum atomic E-state index is 9.63. The predicted molar refractivity (Wildman–Crippen MR) is 94.5 cm³/mol. The molecule has 23 heavy (non-hydrogen) atoms. The van der Waals surface area contributed by atoms with Gasteiger partial charge in [-0.2, -0.15) is 0 Å². The molecule has 3 nitrogen and oxygen atoms in total. The van der Waals surface area contributed by atoms with Crippen molar-refractivity contribution in [3.8, 4) is 0 Å². The van der Waals surface area contributed by atoms with Gasteiger partial charge in [-0.15, -0.1) is 0 Å². The summed E-state index contributed by atoms with van der Waals surface area (Å²) in [7, 11) is 0. The third-order valence-corrected chi connectivity index (χ3v) is 4.15. The first kappa shape index (κ1) is 17.5. The molecule has 3 heteroatoms. The van der Waals surface area contributed by atoms with Crippen LogP contribution in [0.3, 0.4) is 0 Å². The molecule has 0 fully saturated rings. The lowest BCUT2D eigenvalue weighted by Gasteiger charge is -2.28. The van der Waals surface area contributed by atoms with Crippen molar-refractivity contribution in [3.05, 3.63) is 59.0 Å². The van der Waals surface area contributed by atoms with Crippen LogP contribution in [-0.2, 0) is 17.3 Å². The van der Waals surface area contributed by atoms with Gasteiger partial charge in [0.15, 0.2) is 0 Å². The van der Waals surface area contributed by atoms with Crippen LogP contribution in [0.25, 0.3) is 6.08 Å². The number of benzene rings is 1. The number of aliphatic hydroxyl groups excluding tert-OH is 1. The van der Waals surface area contributed by atoms with E-state index in [4.69, 9.17) is 4.52 Å². The van der Waals surface area contributed by atoms with Gasteiger partial charge < -0.3 is 9.63 Å². The lowest BCUT2D eigenvalue weighted by molar-refractivity contribution is 0.218. The molecule has 1 heterocycles. The molecule has 1 aromatic carbocycles. The van der Waals surface area contributed by atoms with Crippen molar-refractivity contribution >= 4 is 6.08 Å². The van der Waals surface area contributed by atoms with Gasteiger partial charge in [-0.1, -0.05) is 70.1 Å². The molecular formula is C20H27NO2. The maximum absolute atomic E-state index is 9.63. The van der Waals surface area contributed by atoms with E-state index in [0.717, 1.165) is 17.7 Å². The second-order valence-electron chi connectivity index (χ2n) is 7.68. The minimum atomic E-state index is -0.234. The number of hydrogen-bond acceptors (Lipinski definition) is 3. The first-order valence-electron chi connectivity index (χ1n) is 8.06. The molecule has 0 unspecified atom stereocenters. The lowest BCUT2D eigenvalue weighted by atomic mass is 9.78. The Hall–Kier alpha value is -1.87. The Bertz CT molecular complexity index is 661. The van der Waals surface area contributed by atoms with Gasteiger partial charge in [0.1, 0.15) is 5.76 Å². The Morgan fingerprint density at radius 1 is 1.13 bits per heavy atom. The highest BCUT2D eigenvalue weighted by Gasteiger charge is 2.23. The summed E-state index contributed by atoms with van der Waals surface area (Å²) in [6, 6.07) is 8.36. The third kappa shape index (κ3) is 4.32. The molecule has 0 amide bonds. The average Bonchev–Trinajstić information content (AvgIpc) is 2.99. The third-order valence-electron chi connectivity index (χ3n) is 4.15. The second kappa shape index (κ2) is 6.71. The van der Waals surface area contributed by atoms with Crippen molar-refractivity contribution in [1.82, 2.24) is 5.16 Å². The predicted octanol–water partition coefficient (Wildman–Crippen LogP) is 4.50. The van der Waals surface area contributed by atoms with Gasteiger partial charge in [-0.05, 0) is 22.1 Å². The van der Waals surface area contributed by atoms with Gasteiger partial charge in [0.2, 0.25) is 0 Å². The Morgan fingerprint density at radius 2 is 1.87 bits per heavy atom. The number of hydrogen-bond donors (Lipinski definition) is 1. The SMILES string of the molecule is CC(C)(C)c1cc(C(C)(C)CO)ccc1/C=C/Cc1ccno1. The Labute approximate surface area is 139 Å². The van der Waals surface area contributed by atoms with E-state index in [1.165, 1.54) is 11.1 Å². The van der Waals surface area contributed by atoms with Gasteiger partial charge in [0, 0.05) is 17.9 Å². The molecule has 0 spiro atoms. The monoisotopic (exact) mass is 313 g/mol. The summed E-state index contributed by atoms with van der Waals surface area (Å²) in [4.78, 5) is 0. The second-order valence-corrected chi connectivity index (χ2v) is 7.68. The smallest absolute Gasteiger partial charge is 0.140 e. The highest BCUT2D eigenvalue weighted by Crippen LogP contribution is 2.32. The number of aliphatic hydroxyl groups is 1. The highest BCUT2D eigenvalue weighted by molar-refractivity contribution is 5.57. The van der Waals surface area contributed by atoms with Crippen LogP contribution < -0.4 is 0 Å². The van der Waals surface area contributed by atoms with Crippen LogP contribution in [0.5, 0.6) is 0 Å². The van der Waals surface area contributed by atoms with E-state index in [2.05, 4.69) is 70.1 Å². The molecule has 0 aliphatic carbocycles. The minimum Gasteiger partial charge on any atom is -0.395 e. The van der Waals surface area contributed by atoms with Crippen LogP contribution in [0.1, 0.15) is 57.1 Å². The van der Waals surface area contributed by atoms with Crippen molar-refractivity contribution in [2.45, 2.75) is 51.9 Å². The van der Waals surface area contributed by atoms with E-state index in [1.54, 1.807) is 6.20 Å². The largest absolute Gasteiger partial charge is 0.395 e. The molecule has 0 saturated carbocycles. The molecule has 2 rings (SSSR count). The Morgan fingerprint density at radius 3 is 2.43 bits per heavy atom. The number of rotatable bonds is 5. The summed E-state index contributed by atoms with van der Waals surface area (Å²) < 4.78 is 5.12. The van der Waals surface area contributed by atoms with Crippen molar-refractivity contribution in [3.63, 3.8) is 0 Å². The van der Waals surface area contributed by atoms with Crippen molar-refractivity contribution < 1.29 is 9.63 Å². The number of nitrogens with zero attached hydrogens (tertiary/aromatic N) is 1. The zero-order valence-corrected chi connectivity index (χ0v) is 14.8. The topological polar surface area (TPSA) is 46.3 Å². The molecule has 0 aliphatic heterocycles. The summed E-state index contributed by atoms with van der Waals surface area (Å²) in [6.45, 7) is 10.9. The Kier molecular flexibility index (Phi) is 5.10. The highest BCUT2D eigenvalue weighted by atomic mass is 16.5. The lowest BCUT2D eigenvalue weighted by Crippen LogP contribution is -2.23. The van der Waals surface area contributed by atoms with Crippen molar-refractivity contribution in [2.24, 2.45) is 0 Å². The van der Waals surface area contributed by atoms with Gasteiger partial charge in [0.05, 0.1) is 12.8 Å².